The van der Waals surface area contributed by atoms with Crippen LogP contribution in [0.15, 0.2) is 77.7 Å². The standard InChI is InChI=1S/C30H34ClN3O6S/c1-4-26(30(36)32-21(2)3)33(19-22-10-8-9-13-25(22)31)29(35)20-34(41(37,38)24-11-6-5-7-12-24)23-14-15-27-28(18-23)40-17-16-39-27/h5-15,18,21,26H,4,16-17,19-20H2,1-3H3,(H,32,36)/t26-/m0/s1. The predicted octanol–water partition coefficient (Wildman–Crippen LogP) is 4.64. The first-order valence-corrected chi connectivity index (χ1v) is 15.2. The molecule has 1 aliphatic heterocycles. The fourth-order valence-electron chi connectivity index (χ4n) is 4.55. The Labute approximate surface area is 246 Å². The summed E-state index contributed by atoms with van der Waals surface area (Å²) in [6.07, 6.45) is 0.310. The molecular formula is C30H34ClN3O6S. The van der Waals surface area contributed by atoms with Crippen molar-refractivity contribution in [1.29, 1.82) is 0 Å². The normalized spacial score (nSPS) is 13.4. The van der Waals surface area contributed by atoms with Crippen LogP contribution < -0.4 is 19.1 Å². The van der Waals surface area contributed by atoms with Gasteiger partial charge in [-0.15, -0.1) is 0 Å². The molecule has 0 saturated carbocycles. The number of nitrogens with one attached hydrogen (secondary N) is 1. The molecule has 1 atom stereocenters. The van der Waals surface area contributed by atoms with Gasteiger partial charge in [0, 0.05) is 23.7 Å². The van der Waals surface area contributed by atoms with Gasteiger partial charge in [-0.3, -0.25) is 13.9 Å². The van der Waals surface area contributed by atoms with Crippen LogP contribution >= 0.6 is 11.6 Å². The first-order valence-electron chi connectivity index (χ1n) is 13.4. The van der Waals surface area contributed by atoms with E-state index in [0.717, 1.165) is 4.31 Å². The summed E-state index contributed by atoms with van der Waals surface area (Å²) in [6, 6.07) is 18.7. The van der Waals surface area contributed by atoms with Crippen molar-refractivity contribution in [3.8, 4) is 11.5 Å². The first kappa shape index (κ1) is 30.2. The molecular weight excluding hydrogens is 566 g/mol. The Kier molecular flexibility index (Phi) is 9.77. The Bertz CT molecular complexity index is 1480. The van der Waals surface area contributed by atoms with Crippen LogP contribution in [0, 0.1) is 0 Å². The topological polar surface area (TPSA) is 105 Å². The number of carbonyl (C=O) groups excluding carboxylic acids is 2. The van der Waals surface area contributed by atoms with Crippen molar-refractivity contribution in [2.45, 2.75) is 50.7 Å². The summed E-state index contributed by atoms with van der Waals surface area (Å²) in [7, 11) is -4.20. The van der Waals surface area contributed by atoms with E-state index in [4.69, 9.17) is 21.1 Å². The molecule has 4 rings (SSSR count). The first-order chi connectivity index (χ1) is 19.6. The molecule has 3 aromatic rings. The monoisotopic (exact) mass is 599 g/mol. The van der Waals surface area contributed by atoms with Crippen molar-refractivity contribution >= 4 is 39.1 Å². The third kappa shape index (κ3) is 7.12. The average Bonchev–Trinajstić information content (AvgIpc) is 2.96. The van der Waals surface area contributed by atoms with Crippen LogP contribution in [0.25, 0.3) is 0 Å². The van der Waals surface area contributed by atoms with Crippen LogP contribution in [0.3, 0.4) is 0 Å². The number of nitrogens with zero attached hydrogens (tertiary/aromatic N) is 2. The lowest BCUT2D eigenvalue weighted by molar-refractivity contribution is -0.140. The minimum absolute atomic E-state index is 0.0168. The third-order valence-corrected chi connectivity index (χ3v) is 8.70. The molecule has 41 heavy (non-hydrogen) atoms. The van der Waals surface area contributed by atoms with Crippen molar-refractivity contribution < 1.29 is 27.5 Å². The molecule has 11 heteroatoms. The van der Waals surface area contributed by atoms with Gasteiger partial charge in [0.2, 0.25) is 11.8 Å². The molecule has 0 fully saturated rings. The molecule has 0 radical (unpaired) electrons. The van der Waals surface area contributed by atoms with Crippen molar-refractivity contribution in [2.75, 3.05) is 24.1 Å². The van der Waals surface area contributed by atoms with Crippen LogP contribution in [-0.4, -0.2) is 57.0 Å². The summed E-state index contributed by atoms with van der Waals surface area (Å²) in [5.74, 6) is -0.0324. The van der Waals surface area contributed by atoms with Gasteiger partial charge >= 0.3 is 0 Å². The molecule has 0 spiro atoms. The van der Waals surface area contributed by atoms with Gasteiger partial charge in [-0.25, -0.2) is 8.42 Å². The molecule has 0 bridgehead atoms. The van der Waals surface area contributed by atoms with Gasteiger partial charge in [0.25, 0.3) is 10.0 Å². The Hall–Kier alpha value is -3.76. The van der Waals surface area contributed by atoms with Gasteiger partial charge in [-0.2, -0.15) is 0 Å². The van der Waals surface area contributed by atoms with Crippen LogP contribution in [0.5, 0.6) is 11.5 Å². The Morgan fingerprint density at radius 3 is 2.27 bits per heavy atom. The van der Waals surface area contributed by atoms with E-state index in [1.807, 2.05) is 13.8 Å². The lowest BCUT2D eigenvalue weighted by Gasteiger charge is -2.34. The highest BCUT2D eigenvalue weighted by Gasteiger charge is 2.34. The maximum atomic E-state index is 14.1. The second kappa shape index (κ2) is 13.3. The summed E-state index contributed by atoms with van der Waals surface area (Å²) in [6.45, 7) is 5.62. The molecule has 0 unspecified atom stereocenters. The fraction of sp³-hybridized carbons (Fsp3) is 0.333. The average molecular weight is 600 g/mol. The number of amides is 2. The highest BCUT2D eigenvalue weighted by Crippen LogP contribution is 2.36. The van der Waals surface area contributed by atoms with E-state index in [-0.39, 0.29) is 29.1 Å². The second-order valence-corrected chi connectivity index (χ2v) is 12.1. The number of hydrogen-bond donors (Lipinski definition) is 1. The van der Waals surface area contributed by atoms with E-state index >= 15 is 0 Å². The Morgan fingerprint density at radius 2 is 1.61 bits per heavy atom. The molecule has 0 aliphatic carbocycles. The van der Waals surface area contributed by atoms with Gasteiger partial charge in [0.05, 0.1) is 10.6 Å². The highest BCUT2D eigenvalue weighted by molar-refractivity contribution is 7.92. The molecule has 9 nitrogen and oxygen atoms in total. The summed E-state index contributed by atoms with van der Waals surface area (Å²) < 4.78 is 40.3. The number of fused-ring (bicyclic) bond motifs is 1. The quantitative estimate of drug-likeness (QED) is 0.344. The minimum atomic E-state index is -4.20. The van der Waals surface area contributed by atoms with Crippen LogP contribution in [0.2, 0.25) is 5.02 Å². The van der Waals surface area contributed by atoms with Crippen molar-refractivity contribution in [1.82, 2.24) is 10.2 Å². The van der Waals surface area contributed by atoms with Crippen molar-refractivity contribution in [2.24, 2.45) is 0 Å². The maximum Gasteiger partial charge on any atom is 0.264 e. The SMILES string of the molecule is CC[C@@H](C(=O)NC(C)C)N(Cc1ccccc1Cl)C(=O)CN(c1ccc2c(c1)OCCO2)S(=O)(=O)c1ccccc1. The van der Waals surface area contributed by atoms with Gasteiger partial charge in [0.1, 0.15) is 25.8 Å². The number of halogens is 1. The zero-order valence-corrected chi connectivity index (χ0v) is 24.8. The summed E-state index contributed by atoms with van der Waals surface area (Å²) in [5, 5.41) is 3.31. The third-order valence-electron chi connectivity index (χ3n) is 6.54. The van der Waals surface area contributed by atoms with E-state index < -0.39 is 28.5 Å². The van der Waals surface area contributed by atoms with Crippen LogP contribution in [0.1, 0.15) is 32.8 Å². The van der Waals surface area contributed by atoms with Gasteiger partial charge in [0.15, 0.2) is 11.5 Å². The summed E-state index contributed by atoms with van der Waals surface area (Å²) >= 11 is 6.44. The molecule has 0 saturated heterocycles. The van der Waals surface area contributed by atoms with Crippen molar-refractivity contribution in [3.63, 3.8) is 0 Å². The predicted molar refractivity (Wildman–Crippen MR) is 158 cm³/mol. The second-order valence-electron chi connectivity index (χ2n) is 9.85. The Morgan fingerprint density at radius 1 is 0.951 bits per heavy atom. The number of benzene rings is 3. The largest absolute Gasteiger partial charge is 0.486 e. The van der Waals surface area contributed by atoms with E-state index in [0.29, 0.717) is 41.7 Å². The maximum absolute atomic E-state index is 14.1. The Balaban J connectivity index is 1.77. The zero-order chi connectivity index (χ0) is 29.6. The molecule has 3 aromatic carbocycles. The lowest BCUT2D eigenvalue weighted by atomic mass is 10.1. The summed E-state index contributed by atoms with van der Waals surface area (Å²) in [4.78, 5) is 28.8. The number of hydrogen-bond acceptors (Lipinski definition) is 6. The van der Waals surface area contributed by atoms with E-state index in [1.54, 1.807) is 67.6 Å². The highest BCUT2D eigenvalue weighted by atomic mass is 35.5. The number of carbonyl (C=O) groups is 2. The zero-order valence-electron chi connectivity index (χ0n) is 23.2. The van der Waals surface area contributed by atoms with Crippen molar-refractivity contribution in [3.05, 3.63) is 83.4 Å². The smallest absolute Gasteiger partial charge is 0.264 e. The molecule has 1 aliphatic rings. The van der Waals surface area contributed by atoms with Gasteiger partial charge in [-0.1, -0.05) is 54.9 Å². The minimum Gasteiger partial charge on any atom is -0.486 e. The molecule has 1 N–H and O–H groups in total. The summed E-state index contributed by atoms with van der Waals surface area (Å²) in [5.41, 5.74) is 0.860. The molecule has 218 valence electrons. The lowest BCUT2D eigenvalue weighted by Crippen LogP contribution is -2.53. The molecule has 2 amide bonds. The number of ether oxygens (including phenoxy) is 2. The van der Waals surface area contributed by atoms with Crippen LogP contribution in [-0.2, 0) is 26.2 Å². The molecule has 0 aromatic heterocycles. The number of sulfonamides is 1. The van der Waals surface area contributed by atoms with E-state index in [1.165, 1.54) is 17.0 Å². The van der Waals surface area contributed by atoms with Gasteiger partial charge in [-0.05, 0) is 56.2 Å². The molecule has 1 heterocycles. The van der Waals surface area contributed by atoms with Crippen LogP contribution in [0.4, 0.5) is 5.69 Å². The van der Waals surface area contributed by atoms with E-state index in [2.05, 4.69) is 5.32 Å². The van der Waals surface area contributed by atoms with Gasteiger partial charge < -0.3 is 19.7 Å². The number of rotatable bonds is 11. The van der Waals surface area contributed by atoms with E-state index in [9.17, 15) is 18.0 Å². The number of anilines is 1. The fourth-order valence-corrected chi connectivity index (χ4v) is 6.17.